The maximum absolute atomic E-state index is 11.2. The lowest BCUT2D eigenvalue weighted by molar-refractivity contribution is -0.124. The first-order chi connectivity index (χ1) is 6.93. The van der Waals surface area contributed by atoms with Crippen molar-refractivity contribution in [3.63, 3.8) is 0 Å². The third-order valence-electron chi connectivity index (χ3n) is 1.54. The molecule has 1 heterocycles. The zero-order valence-electron chi connectivity index (χ0n) is 7.99. The van der Waals surface area contributed by atoms with Crippen LogP contribution in [0.25, 0.3) is 0 Å². The number of hydrogen-bond donors (Lipinski definition) is 0. The number of carbonyl (C=O) groups excluding carboxylic acids is 2. The molecule has 0 atom stereocenters. The Hall–Kier alpha value is -1.01. The molecular formula is C8H7BrClN3O2. The smallest absolute Gasteiger partial charge is 0.231 e. The van der Waals surface area contributed by atoms with Gasteiger partial charge in [-0.2, -0.15) is 4.98 Å². The van der Waals surface area contributed by atoms with Gasteiger partial charge in [-0.15, -0.1) is 0 Å². The van der Waals surface area contributed by atoms with Crippen molar-refractivity contribution in [1.29, 1.82) is 0 Å². The largest absolute Gasteiger partial charge is 0.274 e. The highest BCUT2D eigenvalue weighted by molar-refractivity contribution is 9.10. The number of carbonyl (C=O) groups is 2. The molecule has 0 aromatic carbocycles. The van der Waals surface area contributed by atoms with Crippen LogP contribution in [0.4, 0.5) is 5.82 Å². The van der Waals surface area contributed by atoms with E-state index in [2.05, 4.69) is 25.9 Å². The van der Waals surface area contributed by atoms with Crippen molar-refractivity contribution in [3.8, 4) is 0 Å². The van der Waals surface area contributed by atoms with Crippen LogP contribution in [0.1, 0.15) is 13.8 Å². The normalized spacial score (nSPS) is 9.87. The van der Waals surface area contributed by atoms with E-state index in [1.165, 1.54) is 20.0 Å². The molecule has 2 amide bonds. The zero-order valence-corrected chi connectivity index (χ0v) is 10.3. The summed E-state index contributed by atoms with van der Waals surface area (Å²) in [6.07, 6.45) is 1.38. The van der Waals surface area contributed by atoms with Crippen LogP contribution in [0.3, 0.4) is 0 Å². The van der Waals surface area contributed by atoms with E-state index in [0.29, 0.717) is 4.47 Å². The summed E-state index contributed by atoms with van der Waals surface area (Å²) >= 11 is 8.72. The van der Waals surface area contributed by atoms with Gasteiger partial charge in [-0.05, 0) is 27.5 Å². The van der Waals surface area contributed by atoms with E-state index in [-0.39, 0.29) is 11.1 Å². The minimum absolute atomic E-state index is 0.0271. The Morgan fingerprint density at radius 1 is 1.40 bits per heavy atom. The van der Waals surface area contributed by atoms with Crippen molar-refractivity contribution in [2.75, 3.05) is 4.90 Å². The Morgan fingerprint density at radius 2 is 1.93 bits per heavy atom. The number of nitrogens with zero attached hydrogens (tertiary/aromatic N) is 3. The summed E-state index contributed by atoms with van der Waals surface area (Å²) in [5, 5.41) is -0.0271. The molecule has 5 nitrogen and oxygen atoms in total. The third-order valence-corrected chi connectivity index (χ3v) is 2.28. The molecule has 0 unspecified atom stereocenters. The van der Waals surface area contributed by atoms with E-state index < -0.39 is 11.8 Å². The lowest BCUT2D eigenvalue weighted by Crippen LogP contribution is -2.34. The van der Waals surface area contributed by atoms with Gasteiger partial charge >= 0.3 is 0 Å². The predicted molar refractivity (Wildman–Crippen MR) is 58.6 cm³/mol. The summed E-state index contributed by atoms with van der Waals surface area (Å²) in [6, 6.07) is 0. The average molecular weight is 293 g/mol. The molecule has 0 aliphatic carbocycles. The number of amides is 2. The second kappa shape index (κ2) is 4.67. The fourth-order valence-electron chi connectivity index (χ4n) is 1.01. The van der Waals surface area contributed by atoms with Crippen molar-refractivity contribution < 1.29 is 9.59 Å². The Kier molecular flexibility index (Phi) is 3.76. The maximum atomic E-state index is 11.2. The van der Waals surface area contributed by atoms with Gasteiger partial charge in [-0.1, -0.05) is 0 Å². The number of hydrogen-bond acceptors (Lipinski definition) is 4. The molecular weight excluding hydrogens is 285 g/mol. The van der Waals surface area contributed by atoms with E-state index >= 15 is 0 Å². The number of anilines is 1. The first-order valence-electron chi connectivity index (χ1n) is 3.92. The first-order valence-corrected chi connectivity index (χ1v) is 5.10. The predicted octanol–water partition coefficient (Wildman–Crippen LogP) is 1.79. The minimum atomic E-state index is -0.432. The zero-order chi connectivity index (χ0) is 11.6. The van der Waals surface area contributed by atoms with Gasteiger partial charge in [0.05, 0.1) is 4.47 Å². The van der Waals surface area contributed by atoms with Gasteiger partial charge in [0, 0.05) is 20.0 Å². The summed E-state index contributed by atoms with van der Waals surface area (Å²) in [6.45, 7) is 2.54. The lowest BCUT2D eigenvalue weighted by Gasteiger charge is -2.16. The quantitative estimate of drug-likeness (QED) is 0.740. The highest BCUT2D eigenvalue weighted by atomic mass is 79.9. The van der Waals surface area contributed by atoms with E-state index in [4.69, 9.17) is 11.6 Å². The Morgan fingerprint density at radius 3 is 2.40 bits per heavy atom. The molecule has 0 N–H and O–H groups in total. The van der Waals surface area contributed by atoms with Crippen LogP contribution in [-0.2, 0) is 9.59 Å². The molecule has 0 aliphatic heterocycles. The van der Waals surface area contributed by atoms with Crippen molar-refractivity contribution in [3.05, 3.63) is 16.0 Å². The molecule has 1 aromatic heterocycles. The number of halogens is 2. The van der Waals surface area contributed by atoms with Crippen LogP contribution >= 0.6 is 27.5 Å². The number of rotatable bonds is 1. The van der Waals surface area contributed by atoms with Gasteiger partial charge in [0.25, 0.3) is 0 Å². The molecule has 0 saturated carbocycles. The fourth-order valence-corrected chi connectivity index (χ4v) is 1.51. The van der Waals surface area contributed by atoms with Crippen LogP contribution in [0.15, 0.2) is 10.7 Å². The van der Waals surface area contributed by atoms with Crippen LogP contribution in [0.2, 0.25) is 5.28 Å². The Balaban J connectivity index is 3.28. The molecule has 0 saturated heterocycles. The van der Waals surface area contributed by atoms with Crippen LogP contribution < -0.4 is 4.90 Å². The molecule has 15 heavy (non-hydrogen) atoms. The van der Waals surface area contributed by atoms with Crippen LogP contribution in [0, 0.1) is 0 Å². The lowest BCUT2D eigenvalue weighted by atomic mass is 10.4. The molecule has 7 heteroatoms. The Labute approximate surface area is 99.6 Å². The van der Waals surface area contributed by atoms with Crippen LogP contribution in [-0.4, -0.2) is 21.8 Å². The molecule has 1 rings (SSSR count). The van der Waals surface area contributed by atoms with E-state index in [9.17, 15) is 9.59 Å². The fraction of sp³-hybridized carbons (Fsp3) is 0.250. The average Bonchev–Trinajstić information content (AvgIpc) is 2.10. The van der Waals surface area contributed by atoms with Crippen molar-refractivity contribution in [2.24, 2.45) is 0 Å². The summed E-state index contributed by atoms with van der Waals surface area (Å²) in [5.41, 5.74) is 0. The summed E-state index contributed by atoms with van der Waals surface area (Å²) in [7, 11) is 0. The number of imide groups is 1. The summed E-state index contributed by atoms with van der Waals surface area (Å²) < 4.78 is 0.428. The highest BCUT2D eigenvalue weighted by Crippen LogP contribution is 2.24. The van der Waals surface area contributed by atoms with Crippen molar-refractivity contribution in [1.82, 2.24) is 9.97 Å². The molecule has 1 aromatic rings. The highest BCUT2D eigenvalue weighted by Gasteiger charge is 2.20. The van der Waals surface area contributed by atoms with Gasteiger partial charge in [0.15, 0.2) is 5.82 Å². The van der Waals surface area contributed by atoms with Crippen molar-refractivity contribution >= 4 is 45.2 Å². The molecule has 80 valence electrons. The van der Waals surface area contributed by atoms with Gasteiger partial charge in [-0.25, -0.2) is 9.88 Å². The Bertz CT molecular complexity index is 410. The van der Waals surface area contributed by atoms with E-state index in [1.807, 2.05) is 0 Å². The third kappa shape index (κ3) is 2.73. The SMILES string of the molecule is CC(=O)N(C(C)=O)c1nc(Cl)ncc1Br. The minimum Gasteiger partial charge on any atom is -0.274 e. The van der Waals surface area contributed by atoms with Gasteiger partial charge in [-0.3, -0.25) is 9.59 Å². The molecule has 0 radical (unpaired) electrons. The summed E-state index contributed by atoms with van der Waals surface area (Å²) in [5.74, 6) is -0.717. The van der Waals surface area contributed by atoms with Crippen molar-refractivity contribution in [2.45, 2.75) is 13.8 Å². The number of aromatic nitrogens is 2. The van der Waals surface area contributed by atoms with Gasteiger partial charge < -0.3 is 0 Å². The first kappa shape index (κ1) is 12.1. The van der Waals surface area contributed by atoms with Gasteiger partial charge in [0.2, 0.25) is 17.1 Å². The topological polar surface area (TPSA) is 63.2 Å². The summed E-state index contributed by atoms with van der Waals surface area (Å²) in [4.78, 5) is 30.9. The van der Waals surface area contributed by atoms with Crippen LogP contribution in [0.5, 0.6) is 0 Å². The molecule has 0 bridgehead atoms. The maximum Gasteiger partial charge on any atom is 0.231 e. The van der Waals surface area contributed by atoms with E-state index in [0.717, 1.165) is 4.90 Å². The monoisotopic (exact) mass is 291 g/mol. The second-order valence-electron chi connectivity index (χ2n) is 2.68. The molecule has 0 fully saturated rings. The molecule has 0 aliphatic rings. The van der Waals surface area contributed by atoms with Gasteiger partial charge in [0.1, 0.15) is 0 Å². The standard InChI is InChI=1S/C8H7BrClN3O2/c1-4(14)13(5(2)15)7-6(9)3-11-8(10)12-7/h3H,1-2H3. The second-order valence-corrected chi connectivity index (χ2v) is 3.88. The van der Waals surface area contributed by atoms with E-state index in [1.54, 1.807) is 0 Å². The molecule has 0 spiro atoms.